The van der Waals surface area contributed by atoms with Crippen molar-refractivity contribution in [3.05, 3.63) is 71.8 Å². The van der Waals surface area contributed by atoms with E-state index in [-0.39, 0.29) is 5.25 Å². The van der Waals surface area contributed by atoms with Crippen LogP contribution < -0.4 is 9.64 Å². The van der Waals surface area contributed by atoms with Crippen molar-refractivity contribution >= 4 is 17.4 Å². The lowest BCUT2D eigenvalue weighted by atomic mass is 10.0. The Balaban J connectivity index is 1.73. The Kier molecular flexibility index (Phi) is 5.45. The molecule has 1 atom stereocenters. The first-order valence-corrected chi connectivity index (χ1v) is 10.1. The quantitative estimate of drug-likeness (QED) is 0.591. The molecule has 0 radical (unpaired) electrons. The third-order valence-electron chi connectivity index (χ3n) is 4.95. The molecule has 152 valence electrons. The van der Waals surface area contributed by atoms with E-state index in [1.807, 2.05) is 18.2 Å². The van der Waals surface area contributed by atoms with E-state index in [0.29, 0.717) is 30.8 Å². The lowest BCUT2D eigenvalue weighted by Crippen LogP contribution is -2.24. The summed E-state index contributed by atoms with van der Waals surface area (Å²) in [5.41, 5.74) is 0.722. The van der Waals surface area contributed by atoms with Gasteiger partial charge in [0.15, 0.2) is 0 Å². The molecule has 0 aliphatic carbocycles. The maximum absolute atomic E-state index is 13.6. The van der Waals surface area contributed by atoms with Crippen molar-refractivity contribution in [3.63, 3.8) is 0 Å². The molecule has 0 fully saturated rings. The number of nitrogens with one attached hydrogen (secondary N) is 1. The number of rotatable bonds is 4. The van der Waals surface area contributed by atoms with Gasteiger partial charge in [0.2, 0.25) is 0 Å². The van der Waals surface area contributed by atoms with Crippen LogP contribution in [0.4, 0.5) is 18.9 Å². The highest BCUT2D eigenvalue weighted by Gasteiger charge is 2.36. The molecule has 0 amide bonds. The fraction of sp³-hybridized carbons (Fsp3) is 0.286. The van der Waals surface area contributed by atoms with Crippen molar-refractivity contribution in [1.29, 1.82) is 0 Å². The third kappa shape index (κ3) is 4.22. The van der Waals surface area contributed by atoms with Gasteiger partial charge in [0.1, 0.15) is 11.6 Å². The lowest BCUT2D eigenvalue weighted by Gasteiger charge is -2.24. The lowest BCUT2D eigenvalue weighted by molar-refractivity contribution is -0.138. The van der Waals surface area contributed by atoms with Crippen LogP contribution in [0.3, 0.4) is 0 Å². The van der Waals surface area contributed by atoms with Gasteiger partial charge >= 0.3 is 6.18 Å². The molecule has 0 bridgehead atoms. The standard InChI is InChI=1S/C21H20F3N3OS/c1-28-14-6-7-17-19(12-14)29-18(8-11-27(17)13-20-25-9-10-26-20)15-4-2-3-5-16(15)21(22,23)24/h2-7,9-10,12,18H,8,11,13H2,1H3,(H,25,26). The van der Waals surface area contributed by atoms with E-state index in [1.165, 1.54) is 17.8 Å². The molecule has 2 aromatic carbocycles. The first-order valence-electron chi connectivity index (χ1n) is 9.19. The van der Waals surface area contributed by atoms with Crippen molar-refractivity contribution < 1.29 is 17.9 Å². The Morgan fingerprint density at radius 3 is 2.79 bits per heavy atom. The van der Waals surface area contributed by atoms with Crippen LogP contribution in [0.15, 0.2) is 59.8 Å². The number of hydrogen-bond donors (Lipinski definition) is 1. The maximum Gasteiger partial charge on any atom is 0.416 e. The average Bonchev–Trinajstić information content (AvgIpc) is 3.15. The number of aromatic nitrogens is 2. The summed E-state index contributed by atoms with van der Waals surface area (Å²) in [6.07, 6.45) is -0.345. The Morgan fingerprint density at radius 2 is 2.07 bits per heavy atom. The molecule has 0 spiro atoms. The summed E-state index contributed by atoms with van der Waals surface area (Å²) in [6.45, 7) is 1.17. The van der Waals surface area contributed by atoms with Crippen LogP contribution in [0.25, 0.3) is 0 Å². The number of imidazole rings is 1. The maximum atomic E-state index is 13.6. The van der Waals surface area contributed by atoms with Gasteiger partial charge in [-0.25, -0.2) is 4.98 Å². The van der Waals surface area contributed by atoms with Crippen LogP contribution in [0.5, 0.6) is 5.75 Å². The summed E-state index contributed by atoms with van der Waals surface area (Å²) in [6, 6.07) is 11.6. The van der Waals surface area contributed by atoms with Crippen molar-refractivity contribution in [2.24, 2.45) is 0 Å². The summed E-state index contributed by atoms with van der Waals surface area (Å²) in [7, 11) is 1.58. The number of benzene rings is 2. The molecule has 2 heterocycles. The van der Waals surface area contributed by atoms with E-state index in [1.54, 1.807) is 31.6 Å². The number of fused-ring (bicyclic) bond motifs is 1. The van der Waals surface area contributed by atoms with Gasteiger partial charge in [-0.2, -0.15) is 13.2 Å². The second kappa shape index (κ2) is 8.02. The Bertz CT molecular complexity index is 976. The number of aromatic amines is 1. The molecule has 0 saturated carbocycles. The van der Waals surface area contributed by atoms with E-state index >= 15 is 0 Å². The molecule has 1 aromatic heterocycles. The number of halogens is 3. The minimum atomic E-state index is -4.38. The first-order chi connectivity index (χ1) is 14.0. The number of hydrogen-bond acceptors (Lipinski definition) is 4. The van der Waals surface area contributed by atoms with Gasteiger partial charge in [0, 0.05) is 29.1 Å². The van der Waals surface area contributed by atoms with Gasteiger partial charge in [0.25, 0.3) is 0 Å². The Labute approximate surface area is 171 Å². The average molecular weight is 419 g/mol. The molecule has 4 rings (SSSR count). The van der Waals surface area contributed by atoms with Crippen molar-refractivity contribution in [3.8, 4) is 5.75 Å². The van der Waals surface area contributed by atoms with Crippen LogP contribution in [-0.2, 0) is 12.7 Å². The van der Waals surface area contributed by atoms with Crippen LogP contribution in [0.1, 0.15) is 28.6 Å². The highest BCUT2D eigenvalue weighted by atomic mass is 32.2. The molecule has 1 aliphatic rings. The zero-order valence-electron chi connectivity index (χ0n) is 15.7. The second-order valence-electron chi connectivity index (χ2n) is 6.77. The minimum Gasteiger partial charge on any atom is -0.497 e. The fourth-order valence-corrected chi connectivity index (χ4v) is 4.93. The number of alkyl halides is 3. The molecule has 4 nitrogen and oxygen atoms in total. The molecule has 1 aliphatic heterocycles. The van der Waals surface area contributed by atoms with Crippen molar-refractivity contribution in [2.75, 3.05) is 18.6 Å². The van der Waals surface area contributed by atoms with Gasteiger partial charge in [-0.05, 0) is 36.2 Å². The number of ether oxygens (including phenoxy) is 1. The monoisotopic (exact) mass is 419 g/mol. The van der Waals surface area contributed by atoms with E-state index in [9.17, 15) is 13.2 Å². The molecule has 1 N–H and O–H groups in total. The highest BCUT2D eigenvalue weighted by molar-refractivity contribution is 7.99. The van der Waals surface area contributed by atoms with Gasteiger partial charge in [-0.3, -0.25) is 0 Å². The number of H-pyrrole nitrogens is 1. The zero-order chi connectivity index (χ0) is 20.4. The van der Waals surface area contributed by atoms with E-state index in [0.717, 1.165) is 22.5 Å². The predicted octanol–water partition coefficient (Wildman–Crippen LogP) is 5.68. The van der Waals surface area contributed by atoms with Crippen LogP contribution in [0.2, 0.25) is 0 Å². The summed E-state index contributed by atoms with van der Waals surface area (Å²) < 4.78 is 46.1. The topological polar surface area (TPSA) is 41.1 Å². The Morgan fingerprint density at radius 1 is 1.24 bits per heavy atom. The number of nitrogens with zero attached hydrogens (tertiary/aromatic N) is 2. The molecular weight excluding hydrogens is 399 g/mol. The smallest absolute Gasteiger partial charge is 0.416 e. The fourth-order valence-electron chi connectivity index (χ4n) is 3.57. The second-order valence-corrected chi connectivity index (χ2v) is 8.02. The van der Waals surface area contributed by atoms with Crippen LogP contribution in [0, 0.1) is 0 Å². The van der Waals surface area contributed by atoms with Crippen LogP contribution >= 0.6 is 11.8 Å². The normalized spacial score (nSPS) is 17.0. The highest BCUT2D eigenvalue weighted by Crippen LogP contribution is 2.49. The Hall–Kier alpha value is -2.61. The van der Waals surface area contributed by atoms with Gasteiger partial charge in [-0.15, -0.1) is 11.8 Å². The van der Waals surface area contributed by atoms with Crippen molar-refractivity contribution in [1.82, 2.24) is 9.97 Å². The molecule has 0 saturated heterocycles. The molecule has 3 aromatic rings. The molecule has 1 unspecified atom stereocenters. The number of thioether (sulfide) groups is 1. The summed E-state index contributed by atoms with van der Waals surface area (Å²) in [5.74, 6) is 1.49. The minimum absolute atomic E-state index is 0.318. The molecule has 8 heteroatoms. The molecular formula is C21H20F3N3OS. The SMILES string of the molecule is COc1ccc2c(c1)SC(c1ccccc1C(F)(F)F)CCN2Cc1ncc[nH]1. The summed E-state index contributed by atoms with van der Waals surface area (Å²) >= 11 is 1.45. The predicted molar refractivity (Wildman–Crippen MR) is 107 cm³/mol. The van der Waals surface area contributed by atoms with Crippen LogP contribution in [-0.4, -0.2) is 23.6 Å². The molecule has 29 heavy (non-hydrogen) atoms. The number of methoxy groups -OCH3 is 1. The largest absolute Gasteiger partial charge is 0.497 e. The zero-order valence-corrected chi connectivity index (χ0v) is 16.6. The van der Waals surface area contributed by atoms with Gasteiger partial charge in [0.05, 0.1) is 24.9 Å². The summed E-state index contributed by atoms with van der Waals surface area (Å²) in [4.78, 5) is 10.4. The van der Waals surface area contributed by atoms with E-state index in [2.05, 4.69) is 14.9 Å². The summed E-state index contributed by atoms with van der Waals surface area (Å²) in [5, 5.41) is -0.319. The first kappa shape index (κ1) is 19.7. The van der Waals surface area contributed by atoms with E-state index in [4.69, 9.17) is 4.74 Å². The van der Waals surface area contributed by atoms with Gasteiger partial charge in [-0.1, -0.05) is 18.2 Å². The van der Waals surface area contributed by atoms with Crippen molar-refractivity contribution in [2.45, 2.75) is 29.3 Å². The number of anilines is 1. The van der Waals surface area contributed by atoms with E-state index < -0.39 is 11.7 Å². The third-order valence-corrected chi connectivity index (χ3v) is 6.30. The van der Waals surface area contributed by atoms with Gasteiger partial charge < -0.3 is 14.6 Å².